The molecule has 9 aromatic rings. The summed E-state index contributed by atoms with van der Waals surface area (Å²) in [6, 6.07) is 71.7. The van der Waals surface area contributed by atoms with Gasteiger partial charge in [0.15, 0.2) is 0 Å². The fourth-order valence-electron chi connectivity index (χ4n) is 7.11. The van der Waals surface area contributed by atoms with Crippen LogP contribution in [0.1, 0.15) is 0 Å². The summed E-state index contributed by atoms with van der Waals surface area (Å²) < 4.78 is 2.39. The highest BCUT2D eigenvalue weighted by molar-refractivity contribution is 6.10. The molecule has 1 heterocycles. The predicted molar refractivity (Wildman–Crippen MR) is 212 cm³/mol. The van der Waals surface area contributed by atoms with Crippen molar-refractivity contribution in [2.75, 3.05) is 5.32 Å². The zero-order valence-corrected chi connectivity index (χ0v) is 27.5. The van der Waals surface area contributed by atoms with Gasteiger partial charge in [-0.25, -0.2) is 0 Å². The van der Waals surface area contributed by atoms with Crippen molar-refractivity contribution in [3.8, 4) is 50.2 Å². The quantitative estimate of drug-likeness (QED) is 0.184. The number of hydrogen-bond donors (Lipinski definition) is 1. The third kappa shape index (κ3) is 5.53. The predicted octanol–water partition coefficient (Wildman–Crippen LogP) is 13.2. The fourth-order valence-corrected chi connectivity index (χ4v) is 7.11. The summed E-state index contributed by atoms with van der Waals surface area (Å²) in [7, 11) is 0. The van der Waals surface area contributed by atoms with E-state index in [0.717, 1.165) is 28.2 Å². The van der Waals surface area contributed by atoms with Crippen LogP contribution < -0.4 is 5.32 Å². The van der Waals surface area contributed by atoms with E-state index >= 15 is 0 Å². The molecular formula is C48H34N2. The van der Waals surface area contributed by atoms with Crippen LogP contribution in [0.25, 0.3) is 72.0 Å². The third-order valence-electron chi connectivity index (χ3n) is 9.59. The Labute approximate surface area is 292 Å². The molecule has 0 bridgehead atoms. The normalized spacial score (nSPS) is 11.2. The van der Waals surface area contributed by atoms with Crippen LogP contribution in [0.2, 0.25) is 0 Å². The van der Waals surface area contributed by atoms with Crippen molar-refractivity contribution in [1.29, 1.82) is 0 Å². The monoisotopic (exact) mass is 638 g/mol. The molecule has 0 aliphatic heterocycles. The van der Waals surface area contributed by atoms with Gasteiger partial charge in [0, 0.05) is 33.4 Å². The third-order valence-corrected chi connectivity index (χ3v) is 9.59. The SMILES string of the molecule is c1ccc(-c2ccc(Nc3cc(-c4ccc5c(c4)c4ccccc4n5-c4cccc(-c5ccccc5)c4)ccc3-c3ccccc3)cc2)cc1. The lowest BCUT2D eigenvalue weighted by atomic mass is 9.97. The van der Waals surface area contributed by atoms with Crippen LogP contribution >= 0.6 is 0 Å². The molecule has 0 aliphatic rings. The largest absolute Gasteiger partial charge is 0.355 e. The maximum absolute atomic E-state index is 3.77. The molecule has 0 radical (unpaired) electrons. The second kappa shape index (κ2) is 12.8. The molecule has 0 fully saturated rings. The Balaban J connectivity index is 1.13. The van der Waals surface area contributed by atoms with Crippen molar-refractivity contribution in [3.05, 3.63) is 200 Å². The molecule has 0 amide bonds. The number of nitrogens with one attached hydrogen (secondary N) is 1. The van der Waals surface area contributed by atoms with Crippen molar-refractivity contribution in [2.45, 2.75) is 0 Å². The van der Waals surface area contributed by atoms with Crippen LogP contribution in [0.5, 0.6) is 0 Å². The van der Waals surface area contributed by atoms with E-state index in [1.165, 1.54) is 55.2 Å². The van der Waals surface area contributed by atoms with Gasteiger partial charge in [-0.2, -0.15) is 0 Å². The van der Waals surface area contributed by atoms with E-state index in [9.17, 15) is 0 Å². The van der Waals surface area contributed by atoms with Gasteiger partial charge in [-0.15, -0.1) is 0 Å². The smallest absolute Gasteiger partial charge is 0.0541 e. The first kappa shape index (κ1) is 29.5. The number of para-hydroxylation sites is 1. The van der Waals surface area contributed by atoms with Gasteiger partial charge in [0.2, 0.25) is 0 Å². The molecule has 2 nitrogen and oxygen atoms in total. The molecule has 8 aromatic carbocycles. The van der Waals surface area contributed by atoms with Gasteiger partial charge >= 0.3 is 0 Å². The first-order valence-corrected chi connectivity index (χ1v) is 17.1. The topological polar surface area (TPSA) is 17.0 Å². The van der Waals surface area contributed by atoms with Gasteiger partial charge in [0.1, 0.15) is 0 Å². The summed E-state index contributed by atoms with van der Waals surface area (Å²) in [5.41, 5.74) is 15.2. The molecule has 0 spiro atoms. The average Bonchev–Trinajstić information content (AvgIpc) is 3.53. The maximum atomic E-state index is 3.77. The van der Waals surface area contributed by atoms with Gasteiger partial charge in [-0.05, 0) is 87.5 Å². The van der Waals surface area contributed by atoms with Crippen molar-refractivity contribution in [1.82, 2.24) is 4.57 Å². The first-order valence-electron chi connectivity index (χ1n) is 17.1. The first-order chi connectivity index (χ1) is 24.8. The van der Waals surface area contributed by atoms with Crippen molar-refractivity contribution >= 4 is 33.2 Å². The summed E-state index contributed by atoms with van der Waals surface area (Å²) in [5, 5.41) is 6.25. The number of hydrogen-bond acceptors (Lipinski definition) is 1. The minimum absolute atomic E-state index is 1.05. The van der Waals surface area contributed by atoms with Crippen LogP contribution in [0, 0.1) is 0 Å². The van der Waals surface area contributed by atoms with Crippen LogP contribution in [0.15, 0.2) is 200 Å². The summed E-state index contributed by atoms with van der Waals surface area (Å²) in [6.45, 7) is 0. The van der Waals surface area contributed by atoms with Gasteiger partial charge in [-0.1, -0.05) is 152 Å². The van der Waals surface area contributed by atoms with Gasteiger partial charge < -0.3 is 9.88 Å². The summed E-state index contributed by atoms with van der Waals surface area (Å²) >= 11 is 0. The molecule has 0 atom stereocenters. The lowest BCUT2D eigenvalue weighted by molar-refractivity contribution is 1.18. The molecule has 50 heavy (non-hydrogen) atoms. The standard InChI is InChI=1S/C48H34N2/c1-4-13-34(14-5-1)36-23-27-41(28-24-36)49-46-33-40(25-29-43(46)37-17-8-3-9-18-37)39-26-30-48-45(32-39)44-21-10-11-22-47(44)50(48)42-20-12-19-38(31-42)35-15-6-2-7-16-35/h1-33,49H. The molecule has 1 N–H and O–H groups in total. The highest BCUT2D eigenvalue weighted by Gasteiger charge is 2.15. The second-order valence-electron chi connectivity index (χ2n) is 12.7. The second-order valence-corrected chi connectivity index (χ2v) is 12.7. The minimum Gasteiger partial charge on any atom is -0.355 e. The van der Waals surface area contributed by atoms with Gasteiger partial charge in [-0.3, -0.25) is 0 Å². The van der Waals surface area contributed by atoms with E-state index in [4.69, 9.17) is 0 Å². The number of rotatable bonds is 7. The fraction of sp³-hybridized carbons (Fsp3) is 0. The molecule has 0 aliphatic carbocycles. The average molecular weight is 639 g/mol. The van der Waals surface area contributed by atoms with Crippen LogP contribution in [0.3, 0.4) is 0 Å². The summed E-state index contributed by atoms with van der Waals surface area (Å²) in [6.07, 6.45) is 0. The molecule has 236 valence electrons. The van der Waals surface area contributed by atoms with Crippen molar-refractivity contribution in [3.63, 3.8) is 0 Å². The van der Waals surface area contributed by atoms with Gasteiger partial charge in [0.05, 0.1) is 11.0 Å². The highest BCUT2D eigenvalue weighted by atomic mass is 15.0. The van der Waals surface area contributed by atoms with Crippen molar-refractivity contribution in [2.24, 2.45) is 0 Å². The molecule has 0 saturated carbocycles. The number of benzene rings is 8. The van der Waals surface area contributed by atoms with E-state index in [0.29, 0.717) is 0 Å². The Morgan fingerprint density at radius 1 is 0.320 bits per heavy atom. The highest BCUT2D eigenvalue weighted by Crippen LogP contribution is 2.39. The number of aromatic nitrogens is 1. The summed E-state index contributed by atoms with van der Waals surface area (Å²) in [4.78, 5) is 0. The summed E-state index contributed by atoms with van der Waals surface area (Å²) in [5.74, 6) is 0. The lowest BCUT2D eigenvalue weighted by Crippen LogP contribution is -1.95. The Morgan fingerprint density at radius 2 is 0.840 bits per heavy atom. The van der Waals surface area contributed by atoms with E-state index < -0.39 is 0 Å². The Morgan fingerprint density at radius 3 is 1.58 bits per heavy atom. The number of anilines is 2. The zero-order chi connectivity index (χ0) is 33.3. The molecule has 0 saturated heterocycles. The Kier molecular flexibility index (Phi) is 7.53. The Hall–Kier alpha value is -6.64. The number of fused-ring (bicyclic) bond motifs is 3. The Bertz CT molecular complexity index is 2580. The molecule has 2 heteroatoms. The molecule has 1 aromatic heterocycles. The zero-order valence-electron chi connectivity index (χ0n) is 27.5. The lowest BCUT2D eigenvalue weighted by Gasteiger charge is -2.16. The molecule has 0 unspecified atom stereocenters. The van der Waals surface area contributed by atoms with E-state index in [-0.39, 0.29) is 0 Å². The maximum Gasteiger partial charge on any atom is 0.0541 e. The van der Waals surface area contributed by atoms with Crippen LogP contribution in [0.4, 0.5) is 11.4 Å². The van der Waals surface area contributed by atoms with E-state index in [2.05, 4.69) is 210 Å². The van der Waals surface area contributed by atoms with E-state index in [1.54, 1.807) is 0 Å². The molecular weight excluding hydrogens is 605 g/mol. The number of nitrogens with zero attached hydrogens (tertiary/aromatic N) is 1. The van der Waals surface area contributed by atoms with Crippen molar-refractivity contribution < 1.29 is 0 Å². The van der Waals surface area contributed by atoms with Gasteiger partial charge in [0.25, 0.3) is 0 Å². The van der Waals surface area contributed by atoms with Crippen LogP contribution in [-0.2, 0) is 0 Å². The van der Waals surface area contributed by atoms with E-state index in [1.807, 2.05) is 0 Å². The van der Waals surface area contributed by atoms with Crippen LogP contribution in [-0.4, -0.2) is 4.57 Å². The molecule has 9 rings (SSSR count). The minimum atomic E-state index is 1.05.